The smallest absolute Gasteiger partial charge is 0.227 e. The maximum Gasteiger partial charge on any atom is 0.227 e. The van der Waals surface area contributed by atoms with Crippen LogP contribution in [0.2, 0.25) is 10.0 Å². The van der Waals surface area contributed by atoms with E-state index in [4.69, 9.17) is 32.7 Å². The van der Waals surface area contributed by atoms with Crippen molar-refractivity contribution in [2.45, 2.75) is 31.9 Å². The lowest BCUT2D eigenvalue weighted by Crippen LogP contribution is -2.46. The number of hydrogen-bond acceptors (Lipinski definition) is 5. The highest BCUT2D eigenvalue weighted by atomic mass is 35.5. The summed E-state index contributed by atoms with van der Waals surface area (Å²) in [4.78, 5) is 16.4. The fourth-order valence-electron chi connectivity index (χ4n) is 5.16. The molecular weight excluding hydrogens is 530 g/mol. The molecule has 0 aliphatic carbocycles. The number of ether oxygens (including phenoxy) is 2. The number of aliphatic hydroxyl groups excluding tert-OH is 1. The number of carbonyl (C=O) groups is 1. The normalized spacial score (nSPS) is 19.3. The van der Waals surface area contributed by atoms with Gasteiger partial charge in [-0.25, -0.2) is 4.39 Å². The number of methoxy groups -OCH3 is 1. The Balaban J connectivity index is 1.28. The lowest BCUT2D eigenvalue weighted by molar-refractivity contribution is -0.119. The van der Waals surface area contributed by atoms with E-state index in [0.717, 1.165) is 11.3 Å². The van der Waals surface area contributed by atoms with Crippen LogP contribution in [0.15, 0.2) is 54.6 Å². The number of anilines is 2. The Morgan fingerprint density at radius 3 is 2.58 bits per heavy atom. The summed E-state index contributed by atoms with van der Waals surface area (Å²) >= 11 is 12.4. The van der Waals surface area contributed by atoms with Gasteiger partial charge in [-0.2, -0.15) is 0 Å². The number of piperidine rings is 1. The van der Waals surface area contributed by atoms with E-state index in [1.54, 1.807) is 25.3 Å². The first-order valence-electron chi connectivity index (χ1n) is 12.6. The highest BCUT2D eigenvalue weighted by Gasteiger charge is 2.32. The van der Waals surface area contributed by atoms with E-state index in [1.807, 2.05) is 35.2 Å². The van der Waals surface area contributed by atoms with Gasteiger partial charge in [0.25, 0.3) is 0 Å². The molecule has 1 amide bonds. The number of fused-ring (bicyclic) bond motifs is 1. The molecule has 0 radical (unpaired) electrons. The van der Waals surface area contributed by atoms with Gasteiger partial charge < -0.3 is 24.4 Å². The Bertz CT molecular complexity index is 1320. The van der Waals surface area contributed by atoms with Crippen LogP contribution in [-0.2, 0) is 17.8 Å². The van der Waals surface area contributed by atoms with E-state index in [9.17, 15) is 9.90 Å². The molecule has 6 nitrogen and oxygen atoms in total. The minimum atomic E-state index is -0.625. The second-order valence-electron chi connectivity index (χ2n) is 9.67. The molecule has 1 N–H and O–H groups in total. The maximum atomic E-state index is 15.1. The summed E-state index contributed by atoms with van der Waals surface area (Å²) in [6.45, 7) is 1.66. The molecule has 38 heavy (non-hydrogen) atoms. The van der Waals surface area contributed by atoms with Crippen molar-refractivity contribution in [1.82, 2.24) is 0 Å². The van der Waals surface area contributed by atoms with Gasteiger partial charge in [-0.3, -0.25) is 4.79 Å². The first-order chi connectivity index (χ1) is 18.3. The first-order valence-corrected chi connectivity index (χ1v) is 13.3. The van der Waals surface area contributed by atoms with Gasteiger partial charge in [-0.05, 0) is 60.9 Å². The lowest BCUT2D eigenvalue weighted by atomic mass is 9.94. The van der Waals surface area contributed by atoms with Crippen LogP contribution in [0.5, 0.6) is 11.5 Å². The van der Waals surface area contributed by atoms with Gasteiger partial charge in [-0.1, -0.05) is 35.3 Å². The van der Waals surface area contributed by atoms with Gasteiger partial charge >= 0.3 is 0 Å². The molecule has 0 unspecified atom stereocenters. The largest absolute Gasteiger partial charge is 0.497 e. The number of amides is 1. The molecule has 2 heterocycles. The molecule has 2 atom stereocenters. The zero-order valence-corrected chi connectivity index (χ0v) is 22.5. The van der Waals surface area contributed by atoms with Crippen molar-refractivity contribution in [3.05, 3.63) is 81.6 Å². The highest BCUT2D eigenvalue weighted by molar-refractivity contribution is 6.36. The second kappa shape index (κ2) is 11.4. The summed E-state index contributed by atoms with van der Waals surface area (Å²) in [7, 11) is 1.59. The number of benzene rings is 3. The summed E-state index contributed by atoms with van der Waals surface area (Å²) < 4.78 is 26.5. The van der Waals surface area contributed by atoms with Crippen molar-refractivity contribution in [2.24, 2.45) is 5.92 Å². The third kappa shape index (κ3) is 5.55. The van der Waals surface area contributed by atoms with Crippen LogP contribution in [-0.4, -0.2) is 43.9 Å². The molecule has 0 spiro atoms. The third-order valence-electron chi connectivity index (χ3n) is 7.27. The molecule has 5 rings (SSSR count). The standard InChI is InChI=1S/C29H29Cl2FN2O4/c1-37-21-5-2-18(3-6-21)15-34-28(36)11-7-22-27(10-8-24(32)29(22)34)38-17-19-12-13-33(16-26(19)35)25-9-4-20(30)14-23(25)31/h2-6,8-10,14,19,26,35H,7,11-13,15-17H2,1H3/t19-,26+/m1/s1. The molecule has 200 valence electrons. The average molecular weight is 559 g/mol. The van der Waals surface area contributed by atoms with Gasteiger partial charge in [0.1, 0.15) is 17.3 Å². The van der Waals surface area contributed by atoms with Crippen molar-refractivity contribution in [2.75, 3.05) is 36.6 Å². The highest BCUT2D eigenvalue weighted by Crippen LogP contribution is 2.39. The minimum absolute atomic E-state index is 0.0985. The number of rotatable bonds is 7. The first kappa shape index (κ1) is 26.6. The number of nitrogens with zero attached hydrogens (tertiary/aromatic N) is 2. The van der Waals surface area contributed by atoms with E-state index in [2.05, 4.69) is 0 Å². The molecule has 0 bridgehead atoms. The number of hydrogen-bond donors (Lipinski definition) is 1. The van der Waals surface area contributed by atoms with Crippen LogP contribution in [0.4, 0.5) is 15.8 Å². The Kier molecular flexibility index (Phi) is 7.98. The molecule has 9 heteroatoms. The maximum absolute atomic E-state index is 15.1. The number of aliphatic hydroxyl groups is 1. The number of β-amino-alcohol motifs (C(OH)–C–C–N with tert-alkyl or cyclic N) is 1. The fraction of sp³-hybridized carbons (Fsp3) is 0.345. The van der Waals surface area contributed by atoms with Crippen LogP contribution in [0.1, 0.15) is 24.0 Å². The summed E-state index contributed by atoms with van der Waals surface area (Å²) in [6.07, 6.45) is 0.744. The summed E-state index contributed by atoms with van der Waals surface area (Å²) in [5, 5.41) is 12.0. The van der Waals surface area contributed by atoms with Crippen LogP contribution in [0, 0.1) is 11.7 Å². The Labute approximate surface area is 231 Å². The molecular formula is C29H29Cl2FN2O4. The van der Waals surface area contributed by atoms with Gasteiger partial charge in [-0.15, -0.1) is 0 Å². The second-order valence-corrected chi connectivity index (χ2v) is 10.5. The predicted octanol–water partition coefficient (Wildman–Crippen LogP) is 5.89. The zero-order valence-electron chi connectivity index (χ0n) is 21.0. The average Bonchev–Trinajstić information content (AvgIpc) is 2.91. The Morgan fingerprint density at radius 1 is 1.08 bits per heavy atom. The van der Waals surface area contributed by atoms with E-state index >= 15 is 4.39 Å². The predicted molar refractivity (Wildman–Crippen MR) is 147 cm³/mol. The van der Waals surface area contributed by atoms with E-state index in [1.165, 1.54) is 11.0 Å². The fourth-order valence-corrected chi connectivity index (χ4v) is 5.69. The van der Waals surface area contributed by atoms with Crippen LogP contribution in [0.25, 0.3) is 0 Å². The molecule has 2 aliphatic heterocycles. The molecule has 0 saturated carbocycles. The van der Waals surface area contributed by atoms with Crippen molar-refractivity contribution in [3.8, 4) is 11.5 Å². The van der Waals surface area contributed by atoms with Crippen molar-refractivity contribution in [3.63, 3.8) is 0 Å². The summed E-state index contributed by atoms with van der Waals surface area (Å²) in [6, 6.07) is 15.7. The van der Waals surface area contributed by atoms with Gasteiger partial charge in [0, 0.05) is 36.0 Å². The van der Waals surface area contributed by atoms with Crippen LogP contribution in [0.3, 0.4) is 0 Å². The van der Waals surface area contributed by atoms with E-state index in [0.29, 0.717) is 53.0 Å². The quantitative estimate of drug-likeness (QED) is 0.392. The monoisotopic (exact) mass is 558 g/mol. The lowest BCUT2D eigenvalue weighted by Gasteiger charge is -2.38. The summed E-state index contributed by atoms with van der Waals surface area (Å²) in [5.41, 5.74) is 2.65. The summed E-state index contributed by atoms with van der Waals surface area (Å²) in [5.74, 6) is 0.572. The van der Waals surface area contributed by atoms with E-state index < -0.39 is 11.9 Å². The zero-order chi connectivity index (χ0) is 26.8. The molecule has 2 aliphatic rings. The van der Waals surface area contributed by atoms with Crippen molar-refractivity contribution < 1.29 is 23.8 Å². The van der Waals surface area contributed by atoms with Crippen LogP contribution >= 0.6 is 23.2 Å². The topological polar surface area (TPSA) is 62.2 Å². The SMILES string of the molecule is COc1ccc(CN2C(=O)CCc3c(OC[C@H]4CCN(c5ccc(Cl)cc5Cl)C[C@@H]4O)ccc(F)c32)cc1. The number of halogens is 3. The van der Waals surface area contributed by atoms with Gasteiger partial charge in [0.2, 0.25) is 5.91 Å². The van der Waals surface area contributed by atoms with Crippen LogP contribution < -0.4 is 19.3 Å². The molecule has 3 aromatic carbocycles. The molecule has 1 saturated heterocycles. The number of carbonyl (C=O) groups excluding carboxylic acids is 1. The Morgan fingerprint density at radius 2 is 1.87 bits per heavy atom. The Hall–Kier alpha value is -3.00. The van der Waals surface area contributed by atoms with Crippen molar-refractivity contribution >= 4 is 40.5 Å². The molecule has 3 aromatic rings. The van der Waals surface area contributed by atoms with Gasteiger partial charge in [0.15, 0.2) is 0 Å². The molecule has 1 fully saturated rings. The third-order valence-corrected chi connectivity index (χ3v) is 7.81. The minimum Gasteiger partial charge on any atom is -0.497 e. The molecule has 0 aromatic heterocycles. The van der Waals surface area contributed by atoms with Crippen molar-refractivity contribution in [1.29, 1.82) is 0 Å². The van der Waals surface area contributed by atoms with Gasteiger partial charge in [0.05, 0.1) is 42.8 Å². The van der Waals surface area contributed by atoms with E-state index in [-0.39, 0.29) is 37.1 Å².